The fourth-order valence-corrected chi connectivity index (χ4v) is 4.25. The Labute approximate surface area is 186 Å². The Balaban J connectivity index is 1.77. The Morgan fingerprint density at radius 1 is 1.15 bits per heavy atom. The van der Waals surface area contributed by atoms with E-state index in [0.29, 0.717) is 13.0 Å². The van der Waals surface area contributed by atoms with Gasteiger partial charge in [-0.15, -0.1) is 0 Å². The molecule has 2 aliphatic rings. The fourth-order valence-electron chi connectivity index (χ4n) is 4.25. The first kappa shape index (κ1) is 22.5. The summed E-state index contributed by atoms with van der Waals surface area (Å²) in [7, 11) is 1.36. The number of hydrogen-bond acceptors (Lipinski definition) is 4. The van der Waals surface area contributed by atoms with Gasteiger partial charge in [-0.1, -0.05) is 0 Å². The van der Waals surface area contributed by atoms with Crippen LogP contribution in [0.25, 0.3) is 0 Å². The molecule has 33 heavy (non-hydrogen) atoms. The van der Waals surface area contributed by atoms with E-state index in [1.165, 1.54) is 41.1 Å². The number of alkyl halides is 3. The van der Waals surface area contributed by atoms with E-state index >= 15 is 0 Å². The number of benzene rings is 2. The summed E-state index contributed by atoms with van der Waals surface area (Å²) in [5, 5.41) is 11.4. The zero-order chi connectivity index (χ0) is 23.9. The van der Waals surface area contributed by atoms with Crippen LogP contribution in [0.2, 0.25) is 0 Å². The van der Waals surface area contributed by atoms with Crippen molar-refractivity contribution in [1.29, 1.82) is 5.26 Å². The third-order valence-electron chi connectivity index (χ3n) is 5.78. The van der Waals surface area contributed by atoms with Gasteiger partial charge in [-0.2, -0.15) is 18.4 Å². The zero-order valence-electron chi connectivity index (χ0n) is 17.3. The molecular formula is C22H18F4N4O3. The Hall–Kier alpha value is -3.65. The van der Waals surface area contributed by atoms with Crippen molar-refractivity contribution in [2.24, 2.45) is 0 Å². The molecule has 0 aliphatic carbocycles. The van der Waals surface area contributed by atoms with Gasteiger partial charge in [-0.3, -0.25) is 14.6 Å². The summed E-state index contributed by atoms with van der Waals surface area (Å²) in [5.74, 6) is -1.46. The maximum absolute atomic E-state index is 14.6. The van der Waals surface area contributed by atoms with Crippen LogP contribution in [0.1, 0.15) is 27.9 Å². The van der Waals surface area contributed by atoms with Crippen molar-refractivity contribution in [2.45, 2.75) is 24.7 Å². The van der Waals surface area contributed by atoms with Crippen LogP contribution in [0.3, 0.4) is 0 Å². The van der Waals surface area contributed by atoms with Gasteiger partial charge in [0.15, 0.2) is 0 Å². The molecule has 2 aromatic rings. The van der Waals surface area contributed by atoms with E-state index < -0.39 is 47.1 Å². The number of fused-ring (bicyclic) bond motifs is 1. The van der Waals surface area contributed by atoms with Crippen LogP contribution in [0, 0.1) is 17.1 Å². The lowest BCUT2D eigenvalue weighted by Gasteiger charge is -2.32. The summed E-state index contributed by atoms with van der Waals surface area (Å²) in [5.41, 5.74) is -1.78. The molecule has 7 nitrogen and oxygen atoms in total. The van der Waals surface area contributed by atoms with Gasteiger partial charge in [0.1, 0.15) is 5.82 Å². The van der Waals surface area contributed by atoms with Crippen molar-refractivity contribution in [1.82, 2.24) is 5.32 Å². The Morgan fingerprint density at radius 3 is 2.45 bits per heavy atom. The van der Waals surface area contributed by atoms with Gasteiger partial charge in [-0.25, -0.2) is 9.18 Å². The maximum Gasteiger partial charge on any atom is 0.417 e. The highest BCUT2D eigenvalue weighted by Crippen LogP contribution is 2.40. The lowest BCUT2D eigenvalue weighted by molar-refractivity contribution is -0.137. The van der Waals surface area contributed by atoms with Crippen molar-refractivity contribution in [2.75, 3.05) is 30.1 Å². The van der Waals surface area contributed by atoms with Gasteiger partial charge in [0.2, 0.25) is 0 Å². The number of urea groups is 1. The first-order valence-corrected chi connectivity index (χ1v) is 10.0. The lowest BCUT2D eigenvalue weighted by Crippen LogP contribution is -2.45. The third kappa shape index (κ3) is 3.87. The number of rotatable bonds is 3. The molecule has 3 amide bonds. The number of ether oxygens (including phenoxy) is 1. The van der Waals surface area contributed by atoms with E-state index in [4.69, 9.17) is 10.00 Å². The molecule has 2 atom stereocenters. The van der Waals surface area contributed by atoms with Crippen LogP contribution in [0.15, 0.2) is 36.4 Å². The second kappa shape index (κ2) is 8.37. The second-order valence-corrected chi connectivity index (χ2v) is 7.60. The van der Waals surface area contributed by atoms with Crippen LogP contribution < -0.4 is 15.1 Å². The minimum atomic E-state index is -4.79. The van der Waals surface area contributed by atoms with E-state index in [2.05, 4.69) is 5.32 Å². The molecule has 2 heterocycles. The normalized spacial score (nSPS) is 20.4. The van der Waals surface area contributed by atoms with Crippen LogP contribution in [-0.2, 0) is 10.9 Å². The predicted octanol–water partition coefficient (Wildman–Crippen LogP) is 3.68. The summed E-state index contributed by atoms with van der Waals surface area (Å²) in [6, 6.07) is 6.53. The molecule has 1 N–H and O–H groups in total. The molecular weight excluding hydrogens is 444 g/mol. The van der Waals surface area contributed by atoms with Crippen molar-refractivity contribution in [3.05, 3.63) is 58.9 Å². The second-order valence-electron chi connectivity index (χ2n) is 7.60. The number of amides is 3. The molecule has 0 bridgehead atoms. The zero-order valence-corrected chi connectivity index (χ0v) is 17.3. The molecule has 2 unspecified atom stereocenters. The molecule has 2 fully saturated rings. The maximum atomic E-state index is 14.6. The number of anilines is 2. The number of carbonyl (C=O) groups is 2. The molecule has 172 valence electrons. The number of nitrogens with zero attached hydrogens (tertiary/aromatic N) is 3. The monoisotopic (exact) mass is 462 g/mol. The Morgan fingerprint density at radius 2 is 1.82 bits per heavy atom. The largest absolute Gasteiger partial charge is 0.417 e. The van der Waals surface area contributed by atoms with E-state index in [1.807, 2.05) is 0 Å². The van der Waals surface area contributed by atoms with E-state index in [1.54, 1.807) is 0 Å². The number of nitrogens with one attached hydrogen (secondary N) is 1. The summed E-state index contributed by atoms with van der Waals surface area (Å²) in [4.78, 5) is 27.7. The van der Waals surface area contributed by atoms with Crippen molar-refractivity contribution in [3.8, 4) is 6.07 Å². The smallest absolute Gasteiger partial charge is 0.379 e. The molecule has 0 aromatic heterocycles. The average molecular weight is 462 g/mol. The minimum absolute atomic E-state index is 0.0447. The molecule has 2 saturated heterocycles. The molecule has 0 saturated carbocycles. The lowest BCUT2D eigenvalue weighted by atomic mass is 10.0. The third-order valence-corrected chi connectivity index (χ3v) is 5.78. The Kier molecular flexibility index (Phi) is 5.71. The number of nitriles is 1. The highest BCUT2D eigenvalue weighted by molar-refractivity contribution is 6.08. The average Bonchev–Trinajstić information content (AvgIpc) is 3.09. The molecule has 0 radical (unpaired) electrons. The highest BCUT2D eigenvalue weighted by Gasteiger charge is 2.49. The molecule has 2 aromatic carbocycles. The standard InChI is InChI=1S/C22H18F4N4O3/c1-28-20(31)15-5-4-14(9-17(15)23)29-18-6-7-33-11-19(18)30(21(29)32)13-3-2-12(10-27)16(8-13)22(24,25)26/h2-5,8-9,18-19H,6-7,11H2,1H3,(H,28,31). The SMILES string of the molecule is CNC(=O)c1ccc(N2C(=O)N(c3ccc(C#N)c(C(F)(F)F)c3)C3COCCC32)cc1F. The molecule has 0 spiro atoms. The summed E-state index contributed by atoms with van der Waals surface area (Å²) in [6.45, 7) is 0.395. The summed E-state index contributed by atoms with van der Waals surface area (Å²) in [6.07, 6.45) is -4.40. The van der Waals surface area contributed by atoms with Gasteiger partial charge in [-0.05, 0) is 42.8 Å². The summed E-state index contributed by atoms with van der Waals surface area (Å²) < 4.78 is 60.5. The van der Waals surface area contributed by atoms with E-state index in [-0.39, 0.29) is 23.5 Å². The molecule has 11 heteroatoms. The van der Waals surface area contributed by atoms with Gasteiger partial charge in [0.05, 0.1) is 41.5 Å². The van der Waals surface area contributed by atoms with Gasteiger partial charge in [0.25, 0.3) is 5.91 Å². The molecule has 4 rings (SSSR count). The van der Waals surface area contributed by atoms with Crippen LogP contribution in [0.5, 0.6) is 0 Å². The number of halogens is 4. The first-order chi connectivity index (χ1) is 15.7. The number of hydrogen-bond donors (Lipinski definition) is 1. The van der Waals surface area contributed by atoms with Crippen LogP contribution in [-0.4, -0.2) is 44.3 Å². The summed E-state index contributed by atoms with van der Waals surface area (Å²) >= 11 is 0. The predicted molar refractivity (Wildman–Crippen MR) is 109 cm³/mol. The van der Waals surface area contributed by atoms with Gasteiger partial charge in [0, 0.05) is 25.0 Å². The molecule has 2 aliphatic heterocycles. The van der Waals surface area contributed by atoms with Crippen LogP contribution >= 0.6 is 0 Å². The fraction of sp³-hybridized carbons (Fsp3) is 0.318. The van der Waals surface area contributed by atoms with E-state index in [9.17, 15) is 27.2 Å². The van der Waals surface area contributed by atoms with Crippen LogP contribution in [0.4, 0.5) is 33.7 Å². The van der Waals surface area contributed by atoms with Crippen molar-refractivity contribution >= 4 is 23.3 Å². The highest BCUT2D eigenvalue weighted by atomic mass is 19.4. The van der Waals surface area contributed by atoms with E-state index in [0.717, 1.165) is 18.2 Å². The Bertz CT molecular complexity index is 1160. The van der Waals surface area contributed by atoms with Gasteiger partial charge >= 0.3 is 12.2 Å². The first-order valence-electron chi connectivity index (χ1n) is 10.0. The number of carbonyl (C=O) groups excluding carboxylic acids is 2. The van der Waals surface area contributed by atoms with Crippen molar-refractivity contribution in [3.63, 3.8) is 0 Å². The minimum Gasteiger partial charge on any atom is -0.379 e. The van der Waals surface area contributed by atoms with Crippen molar-refractivity contribution < 1.29 is 31.9 Å². The van der Waals surface area contributed by atoms with Gasteiger partial charge < -0.3 is 10.1 Å². The quantitative estimate of drug-likeness (QED) is 0.706. The topological polar surface area (TPSA) is 85.7 Å².